The van der Waals surface area contributed by atoms with Gasteiger partial charge in [-0.2, -0.15) is 0 Å². The SMILES string of the molecule is CCOC(=O)[C@]12Cc3ccccc3[C@H]1N(C(C)C)C(=O)c1cc(OC)ccc12. The van der Waals surface area contributed by atoms with Gasteiger partial charge in [-0.15, -0.1) is 0 Å². The summed E-state index contributed by atoms with van der Waals surface area (Å²) in [5.74, 6) is 0.245. The summed E-state index contributed by atoms with van der Waals surface area (Å²) in [5.41, 5.74) is 2.42. The Hall–Kier alpha value is -2.82. The Morgan fingerprint density at radius 2 is 2.00 bits per heavy atom. The summed E-state index contributed by atoms with van der Waals surface area (Å²) < 4.78 is 10.9. The Morgan fingerprint density at radius 1 is 1.25 bits per heavy atom. The highest BCUT2D eigenvalue weighted by atomic mass is 16.5. The Morgan fingerprint density at radius 3 is 2.68 bits per heavy atom. The van der Waals surface area contributed by atoms with Crippen molar-refractivity contribution < 1.29 is 19.1 Å². The quantitative estimate of drug-likeness (QED) is 0.761. The van der Waals surface area contributed by atoms with Gasteiger partial charge >= 0.3 is 5.97 Å². The molecule has 146 valence electrons. The van der Waals surface area contributed by atoms with Gasteiger partial charge in [-0.05, 0) is 56.0 Å². The van der Waals surface area contributed by atoms with Gasteiger partial charge in [-0.1, -0.05) is 30.3 Å². The molecule has 0 bridgehead atoms. The van der Waals surface area contributed by atoms with Crippen molar-refractivity contribution in [1.82, 2.24) is 4.90 Å². The molecule has 5 nitrogen and oxygen atoms in total. The maximum Gasteiger partial charge on any atom is 0.319 e. The number of hydrogen-bond acceptors (Lipinski definition) is 4. The van der Waals surface area contributed by atoms with Crippen LogP contribution in [0, 0.1) is 0 Å². The van der Waals surface area contributed by atoms with E-state index < -0.39 is 5.41 Å². The molecule has 0 fully saturated rings. The molecule has 1 aliphatic carbocycles. The van der Waals surface area contributed by atoms with Crippen molar-refractivity contribution >= 4 is 11.9 Å². The molecule has 1 amide bonds. The number of amides is 1. The number of esters is 1. The molecule has 5 heteroatoms. The van der Waals surface area contributed by atoms with Crippen LogP contribution in [0.4, 0.5) is 0 Å². The zero-order valence-corrected chi connectivity index (χ0v) is 16.7. The monoisotopic (exact) mass is 379 g/mol. The fourth-order valence-electron chi connectivity index (χ4n) is 4.81. The van der Waals surface area contributed by atoms with Crippen LogP contribution in [0.5, 0.6) is 5.75 Å². The van der Waals surface area contributed by atoms with Gasteiger partial charge in [-0.3, -0.25) is 9.59 Å². The van der Waals surface area contributed by atoms with E-state index in [1.165, 1.54) is 0 Å². The van der Waals surface area contributed by atoms with Crippen molar-refractivity contribution in [3.63, 3.8) is 0 Å². The molecule has 2 aliphatic rings. The van der Waals surface area contributed by atoms with Gasteiger partial charge in [0.25, 0.3) is 5.91 Å². The van der Waals surface area contributed by atoms with Crippen LogP contribution in [-0.4, -0.2) is 36.5 Å². The van der Waals surface area contributed by atoms with E-state index in [4.69, 9.17) is 9.47 Å². The fraction of sp³-hybridized carbons (Fsp3) is 0.391. The first-order valence-corrected chi connectivity index (χ1v) is 9.72. The zero-order valence-electron chi connectivity index (χ0n) is 16.7. The van der Waals surface area contributed by atoms with E-state index in [1.807, 2.05) is 62.1 Å². The normalized spacial score (nSPS) is 22.5. The van der Waals surface area contributed by atoms with E-state index in [-0.39, 0.29) is 24.0 Å². The lowest BCUT2D eigenvalue weighted by Crippen LogP contribution is -2.56. The van der Waals surface area contributed by atoms with Crippen LogP contribution in [0.15, 0.2) is 42.5 Å². The number of benzene rings is 2. The van der Waals surface area contributed by atoms with Crippen molar-refractivity contribution in [2.45, 2.75) is 44.7 Å². The average molecular weight is 379 g/mol. The van der Waals surface area contributed by atoms with Gasteiger partial charge in [0, 0.05) is 11.6 Å². The predicted octanol–water partition coefficient (Wildman–Crippen LogP) is 3.66. The Labute approximate surface area is 165 Å². The van der Waals surface area contributed by atoms with Crippen molar-refractivity contribution in [2.24, 2.45) is 0 Å². The van der Waals surface area contributed by atoms with Crippen molar-refractivity contribution in [3.8, 4) is 5.75 Å². The highest BCUT2D eigenvalue weighted by Crippen LogP contribution is 2.56. The molecule has 2 aromatic carbocycles. The molecule has 1 heterocycles. The number of nitrogens with zero attached hydrogens (tertiary/aromatic N) is 1. The summed E-state index contributed by atoms with van der Waals surface area (Å²) >= 11 is 0. The number of fused-ring (bicyclic) bond motifs is 5. The average Bonchev–Trinajstić information content (AvgIpc) is 3.04. The Balaban J connectivity index is 2.05. The number of methoxy groups -OCH3 is 1. The third kappa shape index (κ3) is 2.38. The number of rotatable bonds is 4. The highest BCUT2D eigenvalue weighted by Gasteiger charge is 2.61. The smallest absolute Gasteiger partial charge is 0.319 e. The number of ether oxygens (including phenoxy) is 2. The van der Waals surface area contributed by atoms with E-state index in [0.717, 1.165) is 16.7 Å². The maximum absolute atomic E-state index is 13.5. The van der Waals surface area contributed by atoms with E-state index in [2.05, 4.69) is 0 Å². The second-order valence-electron chi connectivity index (χ2n) is 7.69. The molecular weight excluding hydrogens is 354 g/mol. The van der Waals surface area contributed by atoms with Gasteiger partial charge in [0.2, 0.25) is 0 Å². The van der Waals surface area contributed by atoms with Crippen LogP contribution in [-0.2, 0) is 21.4 Å². The molecule has 2 aromatic rings. The van der Waals surface area contributed by atoms with Crippen LogP contribution in [0.1, 0.15) is 53.9 Å². The zero-order chi connectivity index (χ0) is 20.1. The molecule has 0 unspecified atom stereocenters. The third-order valence-electron chi connectivity index (χ3n) is 5.93. The largest absolute Gasteiger partial charge is 0.497 e. The minimum absolute atomic E-state index is 0.0724. The van der Waals surface area contributed by atoms with Crippen molar-refractivity contribution in [1.29, 1.82) is 0 Å². The van der Waals surface area contributed by atoms with Gasteiger partial charge in [0.05, 0.1) is 19.8 Å². The standard InChI is InChI=1S/C23H25NO4/c1-5-28-22(26)23-13-15-8-6-7-9-17(15)20(23)24(14(2)3)21(25)18-12-16(27-4)10-11-19(18)23/h6-12,14,20H,5,13H2,1-4H3/t20-,23+/m1/s1. The van der Waals surface area contributed by atoms with Gasteiger partial charge in [0.1, 0.15) is 11.2 Å². The fourth-order valence-corrected chi connectivity index (χ4v) is 4.81. The topological polar surface area (TPSA) is 55.8 Å². The minimum atomic E-state index is -0.945. The third-order valence-corrected chi connectivity index (χ3v) is 5.93. The summed E-state index contributed by atoms with van der Waals surface area (Å²) in [5, 5.41) is 0. The molecular formula is C23H25NO4. The molecule has 28 heavy (non-hydrogen) atoms. The minimum Gasteiger partial charge on any atom is -0.497 e. The number of carbonyl (C=O) groups is 2. The lowest BCUT2D eigenvalue weighted by Gasteiger charge is -2.47. The van der Waals surface area contributed by atoms with Crippen LogP contribution in [0.3, 0.4) is 0 Å². The number of carbonyl (C=O) groups excluding carboxylic acids is 2. The molecule has 2 atom stereocenters. The van der Waals surface area contributed by atoms with Crippen molar-refractivity contribution in [2.75, 3.05) is 13.7 Å². The molecule has 0 radical (unpaired) electrons. The van der Waals surface area contributed by atoms with Crippen LogP contribution in [0.2, 0.25) is 0 Å². The van der Waals surface area contributed by atoms with Gasteiger partial charge in [0.15, 0.2) is 0 Å². The Bertz CT molecular complexity index is 951. The summed E-state index contributed by atoms with van der Waals surface area (Å²) in [6.45, 7) is 6.08. The van der Waals surface area contributed by atoms with Crippen LogP contribution in [0.25, 0.3) is 0 Å². The molecule has 0 aromatic heterocycles. The second kappa shape index (κ2) is 6.66. The lowest BCUT2D eigenvalue weighted by molar-refractivity contribution is -0.153. The summed E-state index contributed by atoms with van der Waals surface area (Å²) in [6, 6.07) is 13.0. The molecule has 0 saturated heterocycles. The molecule has 0 N–H and O–H groups in total. The predicted molar refractivity (Wildman–Crippen MR) is 105 cm³/mol. The molecule has 0 saturated carbocycles. The first-order valence-electron chi connectivity index (χ1n) is 9.72. The summed E-state index contributed by atoms with van der Waals surface area (Å²) in [7, 11) is 1.57. The molecule has 1 aliphatic heterocycles. The summed E-state index contributed by atoms with van der Waals surface area (Å²) in [4.78, 5) is 28.8. The van der Waals surface area contributed by atoms with Crippen LogP contribution < -0.4 is 4.74 Å². The Kier molecular flexibility index (Phi) is 4.41. The summed E-state index contributed by atoms with van der Waals surface area (Å²) in [6.07, 6.45) is 0.516. The first kappa shape index (κ1) is 18.5. The van der Waals surface area contributed by atoms with E-state index in [0.29, 0.717) is 24.3 Å². The van der Waals surface area contributed by atoms with E-state index in [1.54, 1.807) is 13.2 Å². The second-order valence-corrected chi connectivity index (χ2v) is 7.69. The van der Waals surface area contributed by atoms with E-state index in [9.17, 15) is 9.59 Å². The van der Waals surface area contributed by atoms with Crippen LogP contribution >= 0.6 is 0 Å². The van der Waals surface area contributed by atoms with Crippen molar-refractivity contribution in [3.05, 3.63) is 64.7 Å². The molecule has 4 rings (SSSR count). The van der Waals surface area contributed by atoms with E-state index >= 15 is 0 Å². The maximum atomic E-state index is 13.5. The molecule has 0 spiro atoms. The first-order chi connectivity index (χ1) is 13.5. The van der Waals surface area contributed by atoms with Gasteiger partial charge in [-0.25, -0.2) is 0 Å². The highest BCUT2D eigenvalue weighted by molar-refractivity contribution is 6.03. The number of hydrogen-bond donors (Lipinski definition) is 0. The lowest BCUT2D eigenvalue weighted by atomic mass is 9.69. The van der Waals surface area contributed by atoms with Gasteiger partial charge < -0.3 is 14.4 Å².